The van der Waals surface area contributed by atoms with E-state index in [1.807, 2.05) is 0 Å². The van der Waals surface area contributed by atoms with Crippen LogP contribution in [-0.4, -0.2) is 30.4 Å². The lowest BCUT2D eigenvalue weighted by atomic mass is 10.1. The minimum Gasteiger partial charge on any atom is -0.486 e. The Balaban J connectivity index is 2.56. The molecule has 0 aliphatic rings. The van der Waals surface area contributed by atoms with Crippen molar-refractivity contribution in [1.29, 1.82) is 0 Å². The third-order valence-electron chi connectivity index (χ3n) is 4.20. The third-order valence-corrected chi connectivity index (χ3v) is 4.20. The van der Waals surface area contributed by atoms with Gasteiger partial charge in [-0.3, -0.25) is 9.59 Å². The molecule has 0 saturated heterocycles. The number of hydrogen-bond acceptors (Lipinski definition) is 6. The van der Waals surface area contributed by atoms with Gasteiger partial charge in [-0.1, -0.05) is 32.3 Å². The van der Waals surface area contributed by atoms with E-state index in [4.69, 9.17) is 13.9 Å². The molecule has 0 aromatic carbocycles. The predicted molar refractivity (Wildman–Crippen MR) is 109 cm³/mol. The number of hydrogen-bond donors (Lipinski definition) is 1. The van der Waals surface area contributed by atoms with Crippen LogP contribution in [-0.2, 0) is 9.53 Å². The summed E-state index contributed by atoms with van der Waals surface area (Å²) in [6, 6.07) is 1.39. The van der Waals surface area contributed by atoms with Crippen LogP contribution in [0.25, 0.3) is 6.08 Å². The van der Waals surface area contributed by atoms with Gasteiger partial charge in [0.1, 0.15) is 5.76 Å². The number of carbonyl (C=O) groups is 1. The van der Waals surface area contributed by atoms with Gasteiger partial charge in [0.2, 0.25) is 11.2 Å². The van der Waals surface area contributed by atoms with Crippen LogP contribution in [0.3, 0.4) is 0 Å². The van der Waals surface area contributed by atoms with Gasteiger partial charge in [0.05, 0.1) is 19.3 Å². The highest BCUT2D eigenvalue weighted by Gasteiger charge is 2.11. The summed E-state index contributed by atoms with van der Waals surface area (Å²) in [4.78, 5) is 23.5. The highest BCUT2D eigenvalue weighted by Crippen LogP contribution is 2.18. The summed E-state index contributed by atoms with van der Waals surface area (Å²) in [6.45, 7) is 6.36. The molecule has 1 aromatic rings. The summed E-state index contributed by atoms with van der Waals surface area (Å²) < 4.78 is 16.2. The molecule has 0 unspecified atom stereocenters. The van der Waals surface area contributed by atoms with Crippen LogP contribution in [0.4, 0.5) is 0 Å². The lowest BCUT2D eigenvalue weighted by Crippen LogP contribution is -2.11. The zero-order chi connectivity index (χ0) is 20.8. The molecular weight excluding hydrogens is 360 g/mol. The zero-order valence-electron chi connectivity index (χ0n) is 17.4. The SMILES string of the molecule is CCCCC[C@H](O)C=Cc1oc(C)cc(=O)c1OCCCCCC(=O)OCC. The van der Waals surface area contributed by atoms with Gasteiger partial charge in [-0.15, -0.1) is 0 Å². The van der Waals surface area contributed by atoms with E-state index in [1.165, 1.54) is 6.07 Å². The first-order chi connectivity index (χ1) is 13.5. The Kier molecular flexibility index (Phi) is 12.0. The molecule has 0 saturated carbocycles. The Morgan fingerprint density at radius 2 is 2.00 bits per heavy atom. The van der Waals surface area contributed by atoms with Crippen LogP contribution in [0.15, 0.2) is 21.4 Å². The van der Waals surface area contributed by atoms with Gasteiger partial charge < -0.3 is 19.0 Å². The van der Waals surface area contributed by atoms with Crippen LogP contribution in [0.5, 0.6) is 5.75 Å². The van der Waals surface area contributed by atoms with E-state index in [0.717, 1.165) is 38.5 Å². The van der Waals surface area contributed by atoms with Crippen molar-refractivity contribution in [3.05, 3.63) is 33.9 Å². The highest BCUT2D eigenvalue weighted by molar-refractivity contribution is 5.69. The van der Waals surface area contributed by atoms with Crippen LogP contribution in [0.1, 0.15) is 76.7 Å². The topological polar surface area (TPSA) is 86.0 Å². The van der Waals surface area contributed by atoms with Crippen molar-refractivity contribution in [2.75, 3.05) is 13.2 Å². The predicted octanol–water partition coefficient (Wildman–Crippen LogP) is 4.40. The van der Waals surface area contributed by atoms with Gasteiger partial charge in [-0.25, -0.2) is 0 Å². The lowest BCUT2D eigenvalue weighted by molar-refractivity contribution is -0.143. The number of rotatable bonds is 14. The minimum absolute atomic E-state index is 0.160. The number of aryl methyl sites for hydroxylation is 1. The number of aliphatic hydroxyl groups excluding tert-OH is 1. The summed E-state index contributed by atoms with van der Waals surface area (Å²) in [5.41, 5.74) is -0.240. The summed E-state index contributed by atoms with van der Waals surface area (Å²) in [7, 11) is 0. The molecule has 28 heavy (non-hydrogen) atoms. The van der Waals surface area contributed by atoms with Crippen LogP contribution in [0.2, 0.25) is 0 Å². The fourth-order valence-corrected chi connectivity index (χ4v) is 2.73. The first-order valence-electron chi connectivity index (χ1n) is 10.3. The Hall–Kier alpha value is -2.08. The van der Waals surface area contributed by atoms with Crippen molar-refractivity contribution >= 4 is 12.0 Å². The summed E-state index contributed by atoms with van der Waals surface area (Å²) >= 11 is 0. The Morgan fingerprint density at radius 1 is 1.21 bits per heavy atom. The minimum atomic E-state index is -0.576. The van der Waals surface area contributed by atoms with Gasteiger partial charge in [0.15, 0.2) is 5.76 Å². The average Bonchev–Trinajstić information content (AvgIpc) is 2.64. The molecule has 1 heterocycles. The van der Waals surface area contributed by atoms with Crippen LogP contribution < -0.4 is 10.2 Å². The second kappa shape index (κ2) is 14.0. The van der Waals surface area contributed by atoms with Gasteiger partial charge in [-0.2, -0.15) is 0 Å². The quantitative estimate of drug-likeness (QED) is 0.372. The maximum Gasteiger partial charge on any atom is 0.305 e. The zero-order valence-corrected chi connectivity index (χ0v) is 17.4. The summed E-state index contributed by atoms with van der Waals surface area (Å²) in [5.74, 6) is 0.790. The molecule has 1 atom stereocenters. The fourth-order valence-electron chi connectivity index (χ4n) is 2.73. The third kappa shape index (κ3) is 9.74. The Morgan fingerprint density at radius 3 is 2.71 bits per heavy atom. The number of unbranched alkanes of at least 4 members (excludes halogenated alkanes) is 4. The smallest absolute Gasteiger partial charge is 0.305 e. The molecule has 0 bridgehead atoms. The van der Waals surface area contributed by atoms with E-state index >= 15 is 0 Å². The molecule has 0 spiro atoms. The normalized spacial score (nSPS) is 12.3. The molecule has 0 radical (unpaired) electrons. The molecular formula is C22H34O6. The first-order valence-corrected chi connectivity index (χ1v) is 10.3. The van der Waals surface area contributed by atoms with E-state index in [0.29, 0.717) is 37.6 Å². The standard InChI is InChI=1S/C22H34O6/c1-4-6-8-11-18(23)13-14-20-22(19(24)16-17(3)28-20)27-15-10-7-9-12-21(25)26-5-2/h13-14,16,18,23H,4-12,15H2,1-3H3/t18-/m0/s1. The largest absolute Gasteiger partial charge is 0.486 e. The molecule has 158 valence electrons. The molecule has 1 N–H and O–H groups in total. The van der Waals surface area contributed by atoms with E-state index in [1.54, 1.807) is 26.0 Å². The second-order valence-electron chi connectivity index (χ2n) is 6.80. The van der Waals surface area contributed by atoms with Gasteiger partial charge in [0, 0.05) is 12.5 Å². The maximum absolute atomic E-state index is 12.3. The van der Waals surface area contributed by atoms with Gasteiger partial charge in [-0.05, 0) is 45.6 Å². The number of carbonyl (C=O) groups excluding carboxylic acids is 1. The molecule has 0 aliphatic heterocycles. The first kappa shape index (κ1) is 24.0. The number of aliphatic hydroxyl groups is 1. The van der Waals surface area contributed by atoms with Crippen molar-refractivity contribution in [3.8, 4) is 5.75 Å². The monoisotopic (exact) mass is 394 g/mol. The highest BCUT2D eigenvalue weighted by atomic mass is 16.5. The van der Waals surface area contributed by atoms with E-state index in [2.05, 4.69) is 6.92 Å². The average molecular weight is 395 g/mol. The molecule has 0 aliphatic carbocycles. The molecule has 1 aromatic heterocycles. The number of ether oxygens (including phenoxy) is 2. The molecule has 6 nitrogen and oxygen atoms in total. The Bertz CT molecular complexity index is 661. The summed E-state index contributed by atoms with van der Waals surface area (Å²) in [6.07, 6.45) is 9.12. The van der Waals surface area contributed by atoms with Crippen molar-refractivity contribution < 1.29 is 23.8 Å². The molecule has 0 amide bonds. The maximum atomic E-state index is 12.3. The molecule has 6 heteroatoms. The fraction of sp³-hybridized carbons (Fsp3) is 0.636. The van der Waals surface area contributed by atoms with Gasteiger partial charge in [0.25, 0.3) is 0 Å². The second-order valence-corrected chi connectivity index (χ2v) is 6.80. The number of esters is 1. The van der Waals surface area contributed by atoms with Crippen molar-refractivity contribution in [2.24, 2.45) is 0 Å². The van der Waals surface area contributed by atoms with Crippen molar-refractivity contribution in [1.82, 2.24) is 0 Å². The molecule has 0 fully saturated rings. The Labute approximate surface area is 167 Å². The van der Waals surface area contributed by atoms with Crippen LogP contribution in [0, 0.1) is 6.92 Å². The van der Waals surface area contributed by atoms with Crippen molar-refractivity contribution in [3.63, 3.8) is 0 Å². The van der Waals surface area contributed by atoms with E-state index < -0.39 is 6.10 Å². The lowest BCUT2D eigenvalue weighted by Gasteiger charge is -2.09. The van der Waals surface area contributed by atoms with Crippen molar-refractivity contribution in [2.45, 2.75) is 78.2 Å². The van der Waals surface area contributed by atoms with Gasteiger partial charge >= 0.3 is 5.97 Å². The van der Waals surface area contributed by atoms with E-state index in [9.17, 15) is 14.7 Å². The summed E-state index contributed by atoms with van der Waals surface area (Å²) in [5, 5.41) is 10.0. The van der Waals surface area contributed by atoms with E-state index in [-0.39, 0.29) is 17.1 Å². The molecule has 1 rings (SSSR count). The van der Waals surface area contributed by atoms with Crippen LogP contribution >= 0.6 is 0 Å².